The van der Waals surface area contributed by atoms with Crippen LogP contribution in [-0.4, -0.2) is 32.0 Å². The molecule has 1 aliphatic heterocycles. The van der Waals surface area contributed by atoms with Gasteiger partial charge in [-0.15, -0.1) is 0 Å². The average molecular weight is 212 g/mol. The Hall–Kier alpha value is -0.480. The van der Waals surface area contributed by atoms with E-state index < -0.39 is 5.60 Å². The number of thioether (sulfide) groups is 1. The summed E-state index contributed by atoms with van der Waals surface area (Å²) >= 11 is 1.85. The van der Waals surface area contributed by atoms with Gasteiger partial charge in [-0.05, 0) is 31.1 Å². The molecule has 2 rings (SSSR count). The van der Waals surface area contributed by atoms with Gasteiger partial charge in [0.15, 0.2) is 0 Å². The van der Waals surface area contributed by atoms with Gasteiger partial charge < -0.3 is 5.11 Å². The summed E-state index contributed by atoms with van der Waals surface area (Å²) < 4.78 is 1.88. The fourth-order valence-corrected chi connectivity index (χ4v) is 3.14. The maximum Gasteiger partial charge on any atom is 0.0749 e. The van der Waals surface area contributed by atoms with Crippen LogP contribution in [0.25, 0.3) is 0 Å². The molecule has 78 valence electrons. The van der Waals surface area contributed by atoms with Crippen molar-refractivity contribution >= 4 is 11.8 Å². The summed E-state index contributed by atoms with van der Waals surface area (Å²) in [6.07, 6.45) is 4.53. The Balaban J connectivity index is 1.91. The maximum absolute atomic E-state index is 10.1. The van der Waals surface area contributed by atoms with Crippen molar-refractivity contribution in [1.29, 1.82) is 0 Å². The van der Waals surface area contributed by atoms with E-state index in [1.807, 2.05) is 35.8 Å². The Labute approximate surface area is 88.5 Å². The molecule has 1 aromatic rings. The molecule has 14 heavy (non-hydrogen) atoms. The molecule has 1 N–H and O–H groups in total. The van der Waals surface area contributed by atoms with Crippen LogP contribution in [-0.2, 0) is 13.5 Å². The van der Waals surface area contributed by atoms with Crippen LogP contribution in [0.4, 0.5) is 0 Å². The molecular weight excluding hydrogens is 196 g/mol. The van der Waals surface area contributed by atoms with E-state index in [9.17, 15) is 5.11 Å². The number of nitrogens with zero attached hydrogens (tertiary/aromatic N) is 2. The van der Waals surface area contributed by atoms with Crippen LogP contribution in [0, 0.1) is 0 Å². The third kappa shape index (κ3) is 2.12. The fraction of sp³-hybridized carbons (Fsp3) is 0.700. The van der Waals surface area contributed by atoms with Crippen LogP contribution in [0.1, 0.15) is 18.5 Å². The summed E-state index contributed by atoms with van der Waals surface area (Å²) in [7, 11) is 1.95. The van der Waals surface area contributed by atoms with Crippen LogP contribution in [0.15, 0.2) is 12.3 Å². The van der Waals surface area contributed by atoms with E-state index in [1.54, 1.807) is 0 Å². The van der Waals surface area contributed by atoms with Crippen LogP contribution in [0.5, 0.6) is 0 Å². The zero-order valence-corrected chi connectivity index (χ0v) is 9.26. The second kappa shape index (κ2) is 3.95. The van der Waals surface area contributed by atoms with E-state index in [-0.39, 0.29) is 0 Å². The van der Waals surface area contributed by atoms with Crippen molar-refractivity contribution in [2.45, 2.75) is 24.9 Å². The fourth-order valence-electron chi connectivity index (χ4n) is 1.80. The highest BCUT2D eigenvalue weighted by molar-refractivity contribution is 7.99. The molecule has 1 saturated heterocycles. The molecule has 3 nitrogen and oxygen atoms in total. The standard InChI is InChI=1S/C10H16N2OS/c1-12-9(3-6-11-12)2-4-10(13)5-7-14-8-10/h3,6,13H,2,4-5,7-8H2,1H3. The molecule has 1 unspecified atom stereocenters. The minimum Gasteiger partial charge on any atom is -0.389 e. The van der Waals surface area contributed by atoms with E-state index in [1.165, 1.54) is 5.69 Å². The Bertz CT molecular complexity index is 305. The lowest BCUT2D eigenvalue weighted by Gasteiger charge is -2.20. The van der Waals surface area contributed by atoms with E-state index >= 15 is 0 Å². The summed E-state index contributed by atoms with van der Waals surface area (Å²) in [6, 6.07) is 2.02. The van der Waals surface area contributed by atoms with Gasteiger partial charge in [-0.2, -0.15) is 16.9 Å². The van der Waals surface area contributed by atoms with Crippen molar-refractivity contribution in [3.63, 3.8) is 0 Å². The molecule has 0 saturated carbocycles. The zero-order valence-electron chi connectivity index (χ0n) is 8.44. The summed E-state index contributed by atoms with van der Waals surface area (Å²) in [5, 5.41) is 14.2. The van der Waals surface area contributed by atoms with Crippen molar-refractivity contribution in [3.8, 4) is 0 Å². The molecular formula is C10H16N2OS. The molecule has 2 heterocycles. The highest BCUT2D eigenvalue weighted by Gasteiger charge is 2.31. The van der Waals surface area contributed by atoms with E-state index in [2.05, 4.69) is 5.10 Å². The Morgan fingerprint density at radius 2 is 2.57 bits per heavy atom. The monoisotopic (exact) mass is 212 g/mol. The molecule has 1 atom stereocenters. The van der Waals surface area contributed by atoms with Crippen molar-refractivity contribution < 1.29 is 5.11 Å². The highest BCUT2D eigenvalue weighted by Crippen LogP contribution is 2.31. The first-order chi connectivity index (χ1) is 6.70. The average Bonchev–Trinajstić information content (AvgIpc) is 2.73. The first-order valence-electron chi connectivity index (χ1n) is 4.97. The van der Waals surface area contributed by atoms with Crippen LogP contribution in [0.2, 0.25) is 0 Å². The lowest BCUT2D eigenvalue weighted by Crippen LogP contribution is -2.28. The quantitative estimate of drug-likeness (QED) is 0.818. The minimum absolute atomic E-state index is 0.422. The normalized spacial score (nSPS) is 27.0. The lowest BCUT2D eigenvalue weighted by molar-refractivity contribution is 0.0588. The Morgan fingerprint density at radius 3 is 3.14 bits per heavy atom. The van der Waals surface area contributed by atoms with E-state index in [0.29, 0.717) is 0 Å². The number of aryl methyl sites for hydroxylation is 2. The van der Waals surface area contributed by atoms with E-state index in [4.69, 9.17) is 0 Å². The number of hydrogen-bond donors (Lipinski definition) is 1. The van der Waals surface area contributed by atoms with Gasteiger partial charge in [-0.3, -0.25) is 4.68 Å². The zero-order chi connectivity index (χ0) is 10.0. The van der Waals surface area contributed by atoms with Gasteiger partial charge in [0.1, 0.15) is 0 Å². The number of hydrogen-bond acceptors (Lipinski definition) is 3. The van der Waals surface area contributed by atoms with Crippen LogP contribution < -0.4 is 0 Å². The van der Waals surface area contributed by atoms with Crippen LogP contribution in [0.3, 0.4) is 0 Å². The van der Waals surface area contributed by atoms with Crippen molar-refractivity contribution in [2.24, 2.45) is 7.05 Å². The summed E-state index contributed by atoms with van der Waals surface area (Å²) in [5.74, 6) is 1.99. The number of aliphatic hydroxyl groups is 1. The first kappa shape index (κ1) is 10.1. The second-order valence-electron chi connectivity index (χ2n) is 3.97. The third-order valence-corrected chi connectivity index (χ3v) is 4.09. The molecule has 0 amide bonds. The molecule has 0 aromatic carbocycles. The Morgan fingerprint density at radius 1 is 1.71 bits per heavy atom. The summed E-state index contributed by atoms with van der Waals surface area (Å²) in [5.41, 5.74) is 0.782. The van der Waals surface area contributed by atoms with Crippen molar-refractivity contribution in [3.05, 3.63) is 18.0 Å². The number of rotatable bonds is 3. The second-order valence-corrected chi connectivity index (χ2v) is 5.08. The lowest BCUT2D eigenvalue weighted by atomic mass is 9.96. The molecule has 1 aromatic heterocycles. The highest BCUT2D eigenvalue weighted by atomic mass is 32.2. The van der Waals surface area contributed by atoms with Crippen LogP contribution >= 0.6 is 11.8 Å². The van der Waals surface area contributed by atoms with Crippen molar-refractivity contribution in [2.75, 3.05) is 11.5 Å². The van der Waals surface area contributed by atoms with Gasteiger partial charge in [0.25, 0.3) is 0 Å². The molecule has 1 aliphatic rings. The van der Waals surface area contributed by atoms with Gasteiger partial charge >= 0.3 is 0 Å². The molecule has 0 aliphatic carbocycles. The minimum atomic E-state index is -0.422. The van der Waals surface area contributed by atoms with Gasteiger partial charge in [0.05, 0.1) is 5.60 Å². The maximum atomic E-state index is 10.1. The molecule has 1 fully saturated rings. The molecule has 4 heteroatoms. The smallest absolute Gasteiger partial charge is 0.0749 e. The van der Waals surface area contributed by atoms with Gasteiger partial charge in [0, 0.05) is 24.7 Å². The van der Waals surface area contributed by atoms with Gasteiger partial charge in [0.2, 0.25) is 0 Å². The van der Waals surface area contributed by atoms with E-state index in [0.717, 1.165) is 30.8 Å². The summed E-state index contributed by atoms with van der Waals surface area (Å²) in [4.78, 5) is 0. The predicted molar refractivity (Wildman–Crippen MR) is 58.4 cm³/mol. The van der Waals surface area contributed by atoms with Gasteiger partial charge in [-0.1, -0.05) is 0 Å². The Kier molecular flexibility index (Phi) is 2.83. The summed E-state index contributed by atoms with van der Waals surface area (Å²) in [6.45, 7) is 0. The third-order valence-electron chi connectivity index (χ3n) is 2.85. The topological polar surface area (TPSA) is 38.0 Å². The largest absolute Gasteiger partial charge is 0.389 e. The molecule has 0 radical (unpaired) electrons. The van der Waals surface area contributed by atoms with Crippen molar-refractivity contribution in [1.82, 2.24) is 9.78 Å². The predicted octanol–water partition coefficient (Wildman–Crippen LogP) is 1.22. The molecule has 0 bridgehead atoms. The first-order valence-corrected chi connectivity index (χ1v) is 6.12. The van der Waals surface area contributed by atoms with Gasteiger partial charge in [-0.25, -0.2) is 0 Å². The SMILES string of the molecule is Cn1nccc1CCC1(O)CCSC1. The number of aromatic nitrogens is 2. The molecule has 0 spiro atoms.